The Hall–Kier alpha value is -2.24. The van der Waals surface area contributed by atoms with Crippen LogP contribution in [0.2, 0.25) is 5.02 Å². The molecule has 0 atom stereocenters. The molecule has 166 valence electrons. The summed E-state index contributed by atoms with van der Waals surface area (Å²) in [5.41, 5.74) is 3.12. The molecule has 1 heterocycles. The summed E-state index contributed by atoms with van der Waals surface area (Å²) in [6.07, 6.45) is 5.83. The molecule has 2 fully saturated rings. The quantitative estimate of drug-likeness (QED) is 0.559. The molecule has 31 heavy (non-hydrogen) atoms. The minimum absolute atomic E-state index is 0.151. The number of rotatable bonds is 8. The topological polar surface area (TPSA) is 53.6 Å². The van der Waals surface area contributed by atoms with Crippen molar-refractivity contribution in [1.82, 2.24) is 10.2 Å². The van der Waals surface area contributed by atoms with Gasteiger partial charge in [-0.25, -0.2) is 4.79 Å². The Kier molecular flexibility index (Phi) is 7.36. The number of hydrogen-bond acceptors (Lipinski definition) is 3. The van der Waals surface area contributed by atoms with Gasteiger partial charge < -0.3 is 15.4 Å². The maximum Gasteiger partial charge on any atom is 0.319 e. The largest absolute Gasteiger partial charge is 0.490 e. The standard InChI is InChI=1S/C25H32ClN3O2/c1-18-5-4-6-21(13-18)28-25(30)27-10-9-19-14-23(15-19)31-22-8-7-20(24(26)16-22)17-29-11-2-3-12-29/h4-8,13,16,19,23H,2-3,9-12,14-15,17H2,1H3,(H2,27,28,30). The predicted octanol–water partition coefficient (Wildman–Crippen LogP) is 5.61. The molecule has 1 aliphatic carbocycles. The van der Waals surface area contributed by atoms with E-state index in [1.165, 1.54) is 31.5 Å². The minimum Gasteiger partial charge on any atom is -0.490 e. The van der Waals surface area contributed by atoms with Crippen LogP contribution >= 0.6 is 11.6 Å². The Morgan fingerprint density at radius 3 is 2.71 bits per heavy atom. The normalized spacial score (nSPS) is 20.8. The van der Waals surface area contributed by atoms with Crippen LogP contribution in [-0.2, 0) is 6.54 Å². The van der Waals surface area contributed by atoms with Crippen LogP contribution in [0.15, 0.2) is 42.5 Å². The molecule has 0 spiro atoms. The van der Waals surface area contributed by atoms with Crippen LogP contribution in [0, 0.1) is 12.8 Å². The number of hydrogen-bond donors (Lipinski definition) is 2. The van der Waals surface area contributed by atoms with E-state index in [2.05, 4.69) is 21.6 Å². The Morgan fingerprint density at radius 2 is 1.97 bits per heavy atom. The molecule has 2 aliphatic rings. The van der Waals surface area contributed by atoms with Gasteiger partial charge in [-0.3, -0.25) is 4.90 Å². The number of likely N-dealkylation sites (tertiary alicyclic amines) is 1. The molecular weight excluding hydrogens is 410 g/mol. The number of anilines is 1. The molecule has 1 saturated heterocycles. The molecule has 0 aromatic heterocycles. The Labute approximate surface area is 190 Å². The van der Waals surface area contributed by atoms with Gasteiger partial charge in [0.25, 0.3) is 0 Å². The van der Waals surface area contributed by atoms with Crippen LogP contribution in [0.3, 0.4) is 0 Å². The second-order valence-electron chi connectivity index (χ2n) is 8.85. The molecule has 0 bridgehead atoms. The van der Waals surface area contributed by atoms with Gasteiger partial charge in [0.05, 0.1) is 6.10 Å². The van der Waals surface area contributed by atoms with E-state index in [0.29, 0.717) is 12.5 Å². The van der Waals surface area contributed by atoms with Gasteiger partial charge in [-0.15, -0.1) is 0 Å². The summed E-state index contributed by atoms with van der Waals surface area (Å²) in [7, 11) is 0. The summed E-state index contributed by atoms with van der Waals surface area (Å²) < 4.78 is 6.11. The van der Waals surface area contributed by atoms with Crippen molar-refractivity contribution >= 4 is 23.3 Å². The highest BCUT2D eigenvalue weighted by Gasteiger charge is 2.30. The molecular formula is C25H32ClN3O2. The lowest BCUT2D eigenvalue weighted by molar-refractivity contribution is 0.0612. The summed E-state index contributed by atoms with van der Waals surface area (Å²) in [5.74, 6) is 1.45. The number of urea groups is 1. The number of nitrogens with zero attached hydrogens (tertiary/aromatic N) is 1. The van der Waals surface area contributed by atoms with Gasteiger partial charge >= 0.3 is 6.03 Å². The van der Waals surface area contributed by atoms with Crippen molar-refractivity contribution in [2.45, 2.75) is 51.7 Å². The first-order valence-electron chi connectivity index (χ1n) is 11.3. The Balaban J connectivity index is 1.13. The second-order valence-corrected chi connectivity index (χ2v) is 9.26. The third kappa shape index (κ3) is 6.37. The van der Waals surface area contributed by atoms with Gasteiger partial charge in [0.2, 0.25) is 0 Å². The fraction of sp³-hybridized carbons (Fsp3) is 0.480. The number of nitrogens with one attached hydrogen (secondary N) is 2. The first-order chi connectivity index (χ1) is 15.0. The van der Waals surface area contributed by atoms with Gasteiger partial charge in [-0.05, 0) is 93.4 Å². The lowest BCUT2D eigenvalue weighted by Crippen LogP contribution is -2.37. The van der Waals surface area contributed by atoms with Crippen molar-refractivity contribution in [1.29, 1.82) is 0 Å². The van der Waals surface area contributed by atoms with Gasteiger partial charge in [-0.2, -0.15) is 0 Å². The average Bonchev–Trinajstić information content (AvgIpc) is 3.21. The summed E-state index contributed by atoms with van der Waals surface area (Å²) in [5, 5.41) is 6.62. The van der Waals surface area contributed by atoms with Crippen LogP contribution < -0.4 is 15.4 Å². The zero-order valence-corrected chi connectivity index (χ0v) is 19.0. The van der Waals surface area contributed by atoms with Crippen molar-refractivity contribution < 1.29 is 9.53 Å². The van der Waals surface area contributed by atoms with Gasteiger partial charge in [0.1, 0.15) is 5.75 Å². The van der Waals surface area contributed by atoms with Gasteiger partial charge in [-0.1, -0.05) is 29.8 Å². The number of ether oxygens (including phenoxy) is 1. The third-order valence-corrected chi connectivity index (χ3v) is 6.58. The molecule has 0 radical (unpaired) electrons. The second kappa shape index (κ2) is 10.4. The fourth-order valence-electron chi connectivity index (χ4n) is 4.40. The smallest absolute Gasteiger partial charge is 0.319 e. The molecule has 1 saturated carbocycles. The molecule has 6 heteroatoms. The van der Waals surface area contributed by atoms with E-state index in [9.17, 15) is 4.79 Å². The zero-order valence-electron chi connectivity index (χ0n) is 18.2. The minimum atomic E-state index is -0.151. The fourth-order valence-corrected chi connectivity index (χ4v) is 4.63. The molecule has 2 aromatic carbocycles. The van der Waals surface area contributed by atoms with E-state index in [0.717, 1.165) is 47.8 Å². The van der Waals surface area contributed by atoms with Crippen LogP contribution in [0.25, 0.3) is 0 Å². The Morgan fingerprint density at radius 1 is 1.16 bits per heavy atom. The molecule has 2 aromatic rings. The highest BCUT2D eigenvalue weighted by atomic mass is 35.5. The van der Waals surface area contributed by atoms with Crippen molar-refractivity contribution in [2.75, 3.05) is 25.0 Å². The van der Waals surface area contributed by atoms with Crippen molar-refractivity contribution in [3.8, 4) is 5.75 Å². The number of benzene rings is 2. The molecule has 4 rings (SSSR count). The maximum absolute atomic E-state index is 12.0. The molecule has 0 unspecified atom stereocenters. The van der Waals surface area contributed by atoms with Crippen LogP contribution in [0.5, 0.6) is 5.75 Å². The number of carbonyl (C=O) groups is 1. The summed E-state index contributed by atoms with van der Waals surface area (Å²) in [4.78, 5) is 14.5. The average molecular weight is 442 g/mol. The van der Waals surface area contributed by atoms with E-state index in [1.807, 2.05) is 43.3 Å². The lowest BCUT2D eigenvalue weighted by Gasteiger charge is -2.35. The Bertz CT molecular complexity index is 892. The van der Waals surface area contributed by atoms with Gasteiger partial charge in [0, 0.05) is 23.8 Å². The number of carbonyl (C=O) groups excluding carboxylic acids is 1. The van der Waals surface area contributed by atoms with Crippen molar-refractivity contribution in [3.63, 3.8) is 0 Å². The number of halogens is 1. The third-order valence-electron chi connectivity index (χ3n) is 6.23. The zero-order chi connectivity index (χ0) is 21.6. The van der Waals surface area contributed by atoms with E-state index in [1.54, 1.807) is 0 Å². The van der Waals surface area contributed by atoms with Crippen molar-refractivity contribution in [2.24, 2.45) is 5.92 Å². The predicted molar refractivity (Wildman–Crippen MR) is 126 cm³/mol. The molecule has 1 aliphatic heterocycles. The summed E-state index contributed by atoms with van der Waals surface area (Å²) in [6.45, 7) is 5.94. The van der Waals surface area contributed by atoms with Crippen molar-refractivity contribution in [3.05, 3.63) is 58.6 Å². The highest BCUT2D eigenvalue weighted by molar-refractivity contribution is 6.31. The van der Waals surface area contributed by atoms with Gasteiger partial charge in [0.15, 0.2) is 0 Å². The number of amides is 2. The summed E-state index contributed by atoms with van der Waals surface area (Å²) >= 11 is 6.49. The maximum atomic E-state index is 12.0. The van der Waals surface area contributed by atoms with Crippen LogP contribution in [-0.4, -0.2) is 36.7 Å². The van der Waals surface area contributed by atoms with E-state index >= 15 is 0 Å². The van der Waals surface area contributed by atoms with Crippen LogP contribution in [0.1, 0.15) is 43.2 Å². The molecule has 5 nitrogen and oxygen atoms in total. The van der Waals surface area contributed by atoms with E-state index in [-0.39, 0.29) is 12.1 Å². The number of aryl methyl sites for hydroxylation is 1. The lowest BCUT2D eigenvalue weighted by atomic mass is 9.80. The molecule has 2 amide bonds. The highest BCUT2D eigenvalue weighted by Crippen LogP contribution is 2.34. The summed E-state index contributed by atoms with van der Waals surface area (Å²) in [6, 6.07) is 13.7. The first-order valence-corrected chi connectivity index (χ1v) is 11.7. The van der Waals surface area contributed by atoms with Crippen LogP contribution in [0.4, 0.5) is 10.5 Å². The van der Waals surface area contributed by atoms with E-state index in [4.69, 9.17) is 16.3 Å². The molecule has 2 N–H and O–H groups in total. The first kappa shape index (κ1) is 22.0. The SMILES string of the molecule is Cc1cccc(NC(=O)NCCC2CC(Oc3ccc(CN4CCCC4)c(Cl)c3)C2)c1. The monoisotopic (exact) mass is 441 g/mol. The van der Waals surface area contributed by atoms with E-state index < -0.39 is 0 Å².